The van der Waals surface area contributed by atoms with Crippen LogP contribution in [0.5, 0.6) is 11.5 Å². The van der Waals surface area contributed by atoms with Gasteiger partial charge < -0.3 is 34.0 Å². The number of carbonyl (C=O) groups is 3. The first-order chi connectivity index (χ1) is 20.8. The molecule has 3 heterocycles. The second kappa shape index (κ2) is 12.9. The van der Waals surface area contributed by atoms with Crippen LogP contribution in [0, 0.1) is 11.6 Å². The molecule has 4 rings (SSSR count). The number of benzene rings is 1. The average molecular weight is 617 g/mol. The highest BCUT2D eigenvalue weighted by Crippen LogP contribution is 2.39. The molecule has 0 saturated carbocycles. The molecule has 1 saturated heterocycles. The Kier molecular flexibility index (Phi) is 9.42. The van der Waals surface area contributed by atoms with Gasteiger partial charge in [0, 0.05) is 19.7 Å². The van der Waals surface area contributed by atoms with E-state index in [9.17, 15) is 14.4 Å². The Hall–Kier alpha value is -4.72. The summed E-state index contributed by atoms with van der Waals surface area (Å²) in [6.07, 6.45) is 2.12. The maximum absolute atomic E-state index is 15.4. The molecule has 0 spiro atoms. The number of methoxy groups -OCH3 is 2. The fraction of sp³-hybridized carbons (Fsp3) is 0.400. The molecule has 12 nitrogen and oxygen atoms in total. The van der Waals surface area contributed by atoms with E-state index in [1.807, 2.05) is 0 Å². The lowest BCUT2D eigenvalue weighted by Crippen LogP contribution is -2.52. The van der Waals surface area contributed by atoms with Gasteiger partial charge in [0.15, 0.2) is 34.5 Å². The molecule has 1 fully saturated rings. The number of pyridine rings is 1. The molecule has 2 aromatic heterocycles. The number of anilines is 2. The van der Waals surface area contributed by atoms with Crippen LogP contribution < -0.4 is 25.0 Å². The third kappa shape index (κ3) is 6.59. The minimum atomic E-state index is -1.28. The number of aromatic nitrogens is 1. The number of nitrogens with zero attached hydrogens (tertiary/aromatic N) is 2. The van der Waals surface area contributed by atoms with E-state index in [4.69, 9.17) is 23.4 Å². The molecule has 2 atom stereocenters. The summed E-state index contributed by atoms with van der Waals surface area (Å²) in [6.45, 7) is 9.14. The summed E-state index contributed by atoms with van der Waals surface area (Å²) < 4.78 is 57.6. The van der Waals surface area contributed by atoms with Gasteiger partial charge in [-0.25, -0.2) is 18.6 Å². The topological polar surface area (TPSA) is 141 Å². The molecule has 0 aliphatic carbocycles. The predicted octanol–water partition coefficient (Wildman–Crippen LogP) is 4.60. The Morgan fingerprint density at radius 2 is 1.77 bits per heavy atom. The van der Waals surface area contributed by atoms with Gasteiger partial charge in [-0.15, -0.1) is 0 Å². The number of hydrogen-bond acceptors (Lipinski definition) is 10. The molecule has 0 bridgehead atoms. The molecular weight excluding hydrogens is 582 g/mol. The zero-order valence-corrected chi connectivity index (χ0v) is 25.2. The van der Waals surface area contributed by atoms with Crippen LogP contribution in [0.3, 0.4) is 0 Å². The average Bonchev–Trinajstić information content (AvgIpc) is 3.35. The zero-order valence-electron chi connectivity index (χ0n) is 25.2. The molecule has 44 heavy (non-hydrogen) atoms. The van der Waals surface area contributed by atoms with Gasteiger partial charge >= 0.3 is 6.09 Å². The van der Waals surface area contributed by atoms with Crippen LogP contribution in [0.4, 0.5) is 25.1 Å². The van der Waals surface area contributed by atoms with Gasteiger partial charge in [-0.3, -0.25) is 14.5 Å². The van der Waals surface area contributed by atoms with E-state index >= 15 is 8.78 Å². The van der Waals surface area contributed by atoms with Gasteiger partial charge in [0.05, 0.1) is 44.5 Å². The third-order valence-electron chi connectivity index (χ3n) is 6.76. The third-order valence-corrected chi connectivity index (χ3v) is 6.76. The molecule has 3 aromatic rings. The Bertz CT molecular complexity index is 1570. The van der Waals surface area contributed by atoms with E-state index in [1.165, 1.54) is 25.4 Å². The van der Waals surface area contributed by atoms with Crippen LogP contribution >= 0.6 is 0 Å². The van der Waals surface area contributed by atoms with E-state index in [-0.39, 0.29) is 41.0 Å². The molecule has 0 unspecified atom stereocenters. The van der Waals surface area contributed by atoms with Crippen molar-refractivity contribution in [2.75, 3.05) is 44.7 Å². The highest BCUT2D eigenvalue weighted by molar-refractivity contribution is 6.17. The van der Waals surface area contributed by atoms with Crippen LogP contribution in [0.15, 0.2) is 35.4 Å². The Balaban J connectivity index is 1.85. The van der Waals surface area contributed by atoms with E-state index in [0.717, 1.165) is 25.2 Å². The summed E-state index contributed by atoms with van der Waals surface area (Å²) in [5.41, 5.74) is -2.00. The fourth-order valence-corrected chi connectivity index (χ4v) is 4.66. The van der Waals surface area contributed by atoms with E-state index in [1.54, 1.807) is 20.8 Å². The van der Waals surface area contributed by atoms with E-state index in [0.29, 0.717) is 13.0 Å². The summed E-state index contributed by atoms with van der Waals surface area (Å²) in [5.74, 6) is -5.29. The molecule has 1 aromatic carbocycles. The second-order valence-corrected chi connectivity index (χ2v) is 10.9. The number of nitrogens with one attached hydrogen (secondary N) is 2. The number of rotatable bonds is 9. The summed E-state index contributed by atoms with van der Waals surface area (Å²) in [6, 6.07) is 1.76. The highest BCUT2D eigenvalue weighted by Gasteiger charge is 2.35. The van der Waals surface area contributed by atoms with E-state index < -0.39 is 58.0 Å². The van der Waals surface area contributed by atoms with Crippen molar-refractivity contribution < 1.29 is 46.5 Å². The SMILES string of the molecule is C=CC(=O)N[C@H]1CCOC[C@H]1Nc1cc2c(N(C)C(=O)OC(C)(C)C)c(C(=O)c3c(F)c(OC)cc(OC)c3F)oc2cn1. The van der Waals surface area contributed by atoms with Gasteiger partial charge in [-0.2, -0.15) is 0 Å². The fourth-order valence-electron chi connectivity index (χ4n) is 4.66. The van der Waals surface area contributed by atoms with Crippen molar-refractivity contribution in [1.82, 2.24) is 10.3 Å². The van der Waals surface area contributed by atoms with Gasteiger partial charge in [-0.05, 0) is 39.3 Å². The van der Waals surface area contributed by atoms with Crippen molar-refractivity contribution >= 4 is 40.3 Å². The van der Waals surface area contributed by atoms with Crippen molar-refractivity contribution in [1.29, 1.82) is 0 Å². The maximum Gasteiger partial charge on any atom is 0.414 e. The number of amides is 2. The molecule has 236 valence electrons. The summed E-state index contributed by atoms with van der Waals surface area (Å²) in [5, 5.41) is 6.27. The van der Waals surface area contributed by atoms with E-state index in [2.05, 4.69) is 22.2 Å². The van der Waals surface area contributed by atoms with Gasteiger partial charge in [-0.1, -0.05) is 6.58 Å². The van der Waals surface area contributed by atoms with Crippen molar-refractivity contribution in [3.8, 4) is 11.5 Å². The molecule has 1 aliphatic rings. The predicted molar refractivity (Wildman–Crippen MR) is 157 cm³/mol. The molecule has 0 radical (unpaired) electrons. The van der Waals surface area contributed by atoms with Crippen LogP contribution in [0.2, 0.25) is 0 Å². The van der Waals surface area contributed by atoms with Crippen LogP contribution in [-0.2, 0) is 14.3 Å². The quantitative estimate of drug-likeness (QED) is 0.259. The maximum atomic E-state index is 15.4. The zero-order chi connectivity index (χ0) is 32.3. The van der Waals surface area contributed by atoms with Crippen molar-refractivity contribution in [3.05, 3.63) is 53.9 Å². The first-order valence-electron chi connectivity index (χ1n) is 13.6. The summed E-state index contributed by atoms with van der Waals surface area (Å²) >= 11 is 0. The number of carbonyl (C=O) groups excluding carboxylic acids is 3. The van der Waals surface area contributed by atoms with Crippen molar-refractivity contribution in [3.63, 3.8) is 0 Å². The normalized spacial score (nSPS) is 16.6. The summed E-state index contributed by atoms with van der Waals surface area (Å²) in [4.78, 5) is 44.4. The molecular formula is C30H34F2N4O8. The van der Waals surface area contributed by atoms with Crippen molar-refractivity contribution in [2.24, 2.45) is 0 Å². The molecule has 2 amide bonds. The molecule has 2 N–H and O–H groups in total. The Morgan fingerprint density at radius 1 is 1.11 bits per heavy atom. The smallest absolute Gasteiger partial charge is 0.414 e. The van der Waals surface area contributed by atoms with Crippen LogP contribution in [0.25, 0.3) is 11.0 Å². The van der Waals surface area contributed by atoms with Gasteiger partial charge in [0.2, 0.25) is 11.7 Å². The van der Waals surface area contributed by atoms with Gasteiger partial charge in [0.1, 0.15) is 22.7 Å². The Labute approximate surface area is 252 Å². The largest absolute Gasteiger partial charge is 0.494 e. The van der Waals surface area contributed by atoms with Gasteiger partial charge in [0.25, 0.3) is 0 Å². The molecule has 14 heteroatoms. The first kappa shape index (κ1) is 32.2. The number of ketones is 1. The Morgan fingerprint density at radius 3 is 2.36 bits per heavy atom. The van der Waals surface area contributed by atoms with Crippen LogP contribution in [0.1, 0.15) is 43.3 Å². The standard InChI is InChI=1S/C30H34F2N4O8/c1-8-22(37)35-16-9-10-42-14-17(16)34-21-11-15-20(13-33-21)43-28(26(15)36(5)29(39)44-30(2,3)4)27(38)23-24(31)18(40-6)12-19(41-7)25(23)32/h8,11-13,16-17H,1,9-10,14H2,2-7H3,(H,33,34)(H,35,37)/t16-,17+/m0/s1. The number of ether oxygens (including phenoxy) is 4. The lowest BCUT2D eigenvalue weighted by atomic mass is 10.0. The number of fused-ring (bicyclic) bond motifs is 1. The lowest BCUT2D eigenvalue weighted by molar-refractivity contribution is -0.117. The minimum Gasteiger partial charge on any atom is -0.494 e. The number of hydrogen-bond donors (Lipinski definition) is 2. The lowest BCUT2D eigenvalue weighted by Gasteiger charge is -2.32. The number of furan rings is 1. The second-order valence-electron chi connectivity index (χ2n) is 10.9. The minimum absolute atomic E-state index is 0.0383. The highest BCUT2D eigenvalue weighted by atomic mass is 19.1. The number of halogens is 2. The molecule has 1 aliphatic heterocycles. The van der Waals surface area contributed by atoms with Crippen LogP contribution in [-0.4, -0.2) is 74.9 Å². The van der Waals surface area contributed by atoms with Crippen molar-refractivity contribution in [2.45, 2.75) is 44.9 Å². The first-order valence-corrected chi connectivity index (χ1v) is 13.6. The monoisotopic (exact) mass is 616 g/mol. The summed E-state index contributed by atoms with van der Waals surface area (Å²) in [7, 11) is 3.63.